The normalized spacial score (nSPS) is 18.9. The molecule has 0 spiro atoms. The smallest absolute Gasteiger partial charge is 0.176 e. The van der Waals surface area contributed by atoms with E-state index in [9.17, 15) is 9.59 Å². The van der Waals surface area contributed by atoms with Gasteiger partial charge in [-0.1, -0.05) is 60.7 Å². The van der Waals surface area contributed by atoms with Gasteiger partial charge in [0.2, 0.25) is 0 Å². The molecule has 2 aliphatic rings. The Kier molecular flexibility index (Phi) is 8.78. The molecule has 0 aromatic heterocycles. The van der Waals surface area contributed by atoms with E-state index in [0.29, 0.717) is 13.1 Å². The first kappa shape index (κ1) is 23.8. The average Bonchev–Trinajstić information content (AvgIpc) is 2.87. The molecule has 0 saturated carbocycles. The van der Waals surface area contributed by atoms with Gasteiger partial charge in [0.1, 0.15) is 0 Å². The standard InChI is InChI=1S/C27H36N4O2/c32-26(24-8-3-1-4-9-24)22-30-18-14-28(15-19-30)12-7-13-29-16-20-31(21-17-29)23-27(33)25-10-5-2-6-11-25/h1-6,8-11H,7,12-23H2. The monoisotopic (exact) mass is 448 g/mol. The number of piperazine rings is 2. The maximum Gasteiger partial charge on any atom is 0.176 e. The van der Waals surface area contributed by atoms with Crippen molar-refractivity contribution >= 4 is 11.6 Å². The molecule has 2 fully saturated rings. The molecule has 33 heavy (non-hydrogen) atoms. The summed E-state index contributed by atoms with van der Waals surface area (Å²) in [4.78, 5) is 34.4. The number of Topliss-reactive ketones (excluding diaryl/α,β-unsaturated/α-hetero) is 2. The molecule has 0 aliphatic carbocycles. The van der Waals surface area contributed by atoms with E-state index in [-0.39, 0.29) is 11.6 Å². The van der Waals surface area contributed by atoms with Crippen molar-refractivity contribution < 1.29 is 9.59 Å². The van der Waals surface area contributed by atoms with Crippen LogP contribution in [0, 0.1) is 0 Å². The Morgan fingerprint density at radius 3 is 1.21 bits per heavy atom. The summed E-state index contributed by atoms with van der Waals surface area (Å²) >= 11 is 0. The minimum atomic E-state index is 0.216. The van der Waals surface area contributed by atoms with E-state index in [1.54, 1.807) is 0 Å². The van der Waals surface area contributed by atoms with Gasteiger partial charge in [-0.05, 0) is 19.5 Å². The Hall–Kier alpha value is -2.38. The number of rotatable bonds is 10. The van der Waals surface area contributed by atoms with Gasteiger partial charge in [-0.2, -0.15) is 0 Å². The fourth-order valence-electron chi connectivity index (χ4n) is 4.70. The fraction of sp³-hybridized carbons (Fsp3) is 0.481. The van der Waals surface area contributed by atoms with E-state index >= 15 is 0 Å². The lowest BCUT2D eigenvalue weighted by Crippen LogP contribution is -2.49. The van der Waals surface area contributed by atoms with Crippen LogP contribution in [0.3, 0.4) is 0 Å². The lowest BCUT2D eigenvalue weighted by atomic mass is 10.1. The number of ketones is 2. The van der Waals surface area contributed by atoms with E-state index < -0.39 is 0 Å². The van der Waals surface area contributed by atoms with Crippen molar-refractivity contribution in [2.24, 2.45) is 0 Å². The summed E-state index contributed by atoms with van der Waals surface area (Å²) in [5.41, 5.74) is 1.62. The number of hydrogen-bond donors (Lipinski definition) is 0. The zero-order valence-electron chi connectivity index (χ0n) is 19.6. The molecule has 176 valence electrons. The van der Waals surface area contributed by atoms with Gasteiger partial charge in [0.25, 0.3) is 0 Å². The molecule has 0 bridgehead atoms. The molecule has 2 saturated heterocycles. The Bertz CT molecular complexity index is 800. The van der Waals surface area contributed by atoms with Gasteiger partial charge in [-0.3, -0.25) is 19.4 Å². The third kappa shape index (κ3) is 7.30. The van der Waals surface area contributed by atoms with Crippen molar-refractivity contribution in [2.45, 2.75) is 6.42 Å². The second-order valence-electron chi connectivity index (χ2n) is 9.17. The first-order chi connectivity index (χ1) is 16.2. The Morgan fingerprint density at radius 2 is 0.848 bits per heavy atom. The van der Waals surface area contributed by atoms with Crippen LogP contribution in [0.25, 0.3) is 0 Å². The SMILES string of the molecule is O=C(CN1CCN(CCCN2CCN(CC(=O)c3ccccc3)CC2)CC1)c1ccccc1. The van der Waals surface area contributed by atoms with Gasteiger partial charge in [0.15, 0.2) is 11.6 Å². The van der Waals surface area contributed by atoms with Gasteiger partial charge < -0.3 is 9.80 Å². The van der Waals surface area contributed by atoms with Crippen LogP contribution >= 0.6 is 0 Å². The zero-order chi connectivity index (χ0) is 22.9. The van der Waals surface area contributed by atoms with Gasteiger partial charge >= 0.3 is 0 Å². The maximum atomic E-state index is 12.4. The molecule has 0 N–H and O–H groups in total. The summed E-state index contributed by atoms with van der Waals surface area (Å²) in [6, 6.07) is 19.2. The molecule has 0 amide bonds. The molecule has 2 aromatic rings. The minimum absolute atomic E-state index is 0.216. The third-order valence-electron chi connectivity index (χ3n) is 6.80. The molecule has 6 nitrogen and oxygen atoms in total. The van der Waals surface area contributed by atoms with Gasteiger partial charge in [-0.25, -0.2) is 0 Å². The quantitative estimate of drug-likeness (QED) is 0.520. The first-order valence-electron chi connectivity index (χ1n) is 12.2. The van der Waals surface area contributed by atoms with Crippen LogP contribution < -0.4 is 0 Å². The number of hydrogen-bond acceptors (Lipinski definition) is 6. The number of carbonyl (C=O) groups excluding carboxylic acids is 2. The highest BCUT2D eigenvalue weighted by Crippen LogP contribution is 2.09. The van der Waals surface area contributed by atoms with E-state index in [2.05, 4.69) is 19.6 Å². The van der Waals surface area contributed by atoms with Crippen LogP contribution in [0.2, 0.25) is 0 Å². The van der Waals surface area contributed by atoms with Crippen LogP contribution in [0.1, 0.15) is 27.1 Å². The van der Waals surface area contributed by atoms with Gasteiger partial charge in [0, 0.05) is 63.5 Å². The molecular formula is C27H36N4O2. The van der Waals surface area contributed by atoms with Crippen molar-refractivity contribution in [3.63, 3.8) is 0 Å². The number of benzene rings is 2. The molecule has 6 heteroatoms. The maximum absolute atomic E-state index is 12.4. The zero-order valence-corrected chi connectivity index (χ0v) is 19.6. The topological polar surface area (TPSA) is 47.1 Å². The molecular weight excluding hydrogens is 412 g/mol. The second kappa shape index (κ2) is 12.2. The van der Waals surface area contributed by atoms with Gasteiger partial charge in [0.05, 0.1) is 13.1 Å². The van der Waals surface area contributed by atoms with Crippen molar-refractivity contribution in [3.8, 4) is 0 Å². The van der Waals surface area contributed by atoms with E-state index in [0.717, 1.165) is 76.6 Å². The summed E-state index contributed by atoms with van der Waals surface area (Å²) < 4.78 is 0. The number of nitrogens with zero attached hydrogens (tertiary/aromatic N) is 4. The summed E-state index contributed by atoms with van der Waals surface area (Å²) in [5, 5.41) is 0. The van der Waals surface area contributed by atoms with Crippen molar-refractivity contribution in [2.75, 3.05) is 78.5 Å². The van der Waals surface area contributed by atoms with Crippen molar-refractivity contribution in [1.29, 1.82) is 0 Å². The van der Waals surface area contributed by atoms with Crippen LogP contribution in [-0.4, -0.2) is 110 Å². The third-order valence-corrected chi connectivity index (χ3v) is 6.80. The van der Waals surface area contributed by atoms with E-state index in [1.165, 1.54) is 6.42 Å². The Labute approximate surface area is 197 Å². The van der Waals surface area contributed by atoms with Crippen molar-refractivity contribution in [1.82, 2.24) is 19.6 Å². The largest absolute Gasteiger partial charge is 0.301 e. The van der Waals surface area contributed by atoms with Crippen LogP contribution in [-0.2, 0) is 0 Å². The lowest BCUT2D eigenvalue weighted by molar-refractivity contribution is 0.0816. The molecule has 0 radical (unpaired) electrons. The van der Waals surface area contributed by atoms with Crippen LogP contribution in [0.4, 0.5) is 0 Å². The molecule has 0 atom stereocenters. The Morgan fingerprint density at radius 1 is 0.515 bits per heavy atom. The molecule has 2 aliphatic heterocycles. The summed E-state index contributed by atoms with van der Waals surface area (Å²) in [7, 11) is 0. The van der Waals surface area contributed by atoms with Crippen LogP contribution in [0.15, 0.2) is 60.7 Å². The predicted molar refractivity (Wildman–Crippen MR) is 132 cm³/mol. The van der Waals surface area contributed by atoms with E-state index in [1.807, 2.05) is 60.7 Å². The predicted octanol–water partition coefficient (Wildman–Crippen LogP) is 2.38. The molecule has 2 aromatic carbocycles. The second-order valence-corrected chi connectivity index (χ2v) is 9.17. The molecule has 0 unspecified atom stereocenters. The highest BCUT2D eigenvalue weighted by molar-refractivity contribution is 5.98. The first-order valence-corrected chi connectivity index (χ1v) is 12.2. The van der Waals surface area contributed by atoms with Crippen LogP contribution in [0.5, 0.6) is 0 Å². The summed E-state index contributed by atoms with van der Waals surface area (Å²) in [5.74, 6) is 0.433. The average molecular weight is 449 g/mol. The summed E-state index contributed by atoms with van der Waals surface area (Å²) in [6.45, 7) is 11.3. The number of carbonyl (C=O) groups is 2. The highest BCUT2D eigenvalue weighted by Gasteiger charge is 2.21. The van der Waals surface area contributed by atoms with Gasteiger partial charge in [-0.15, -0.1) is 0 Å². The molecule has 2 heterocycles. The lowest BCUT2D eigenvalue weighted by Gasteiger charge is -2.36. The summed E-state index contributed by atoms with van der Waals surface area (Å²) in [6.07, 6.45) is 1.17. The Balaban J connectivity index is 1.07. The molecule has 4 rings (SSSR count). The van der Waals surface area contributed by atoms with E-state index in [4.69, 9.17) is 0 Å². The minimum Gasteiger partial charge on any atom is -0.301 e. The van der Waals surface area contributed by atoms with Crippen molar-refractivity contribution in [3.05, 3.63) is 71.8 Å². The fourth-order valence-corrected chi connectivity index (χ4v) is 4.70. The highest BCUT2D eigenvalue weighted by atomic mass is 16.1.